The van der Waals surface area contributed by atoms with Crippen LogP contribution in [-0.2, 0) is 10.0 Å². The van der Waals surface area contributed by atoms with Crippen LogP contribution in [0.4, 0.5) is 21.5 Å². The van der Waals surface area contributed by atoms with Crippen molar-refractivity contribution in [3.63, 3.8) is 0 Å². The molecule has 1 aliphatic heterocycles. The van der Waals surface area contributed by atoms with Crippen molar-refractivity contribution in [1.29, 1.82) is 0 Å². The van der Waals surface area contributed by atoms with Crippen LogP contribution in [0.25, 0.3) is 0 Å². The smallest absolute Gasteiger partial charge is 0.337 e. The zero-order valence-electron chi connectivity index (χ0n) is 18.0. The van der Waals surface area contributed by atoms with Crippen LogP contribution in [0.1, 0.15) is 15.9 Å². The van der Waals surface area contributed by atoms with Crippen LogP contribution in [0.3, 0.4) is 0 Å². The van der Waals surface area contributed by atoms with Gasteiger partial charge in [0, 0.05) is 31.9 Å². The molecule has 0 aliphatic carbocycles. The minimum atomic E-state index is -3.93. The molecule has 4 rings (SSSR count). The molecule has 1 saturated heterocycles. The van der Waals surface area contributed by atoms with Crippen LogP contribution >= 0.6 is 0 Å². The van der Waals surface area contributed by atoms with Crippen LogP contribution in [-0.4, -0.2) is 45.7 Å². The van der Waals surface area contributed by atoms with E-state index >= 15 is 0 Å². The van der Waals surface area contributed by atoms with Crippen molar-refractivity contribution in [1.82, 2.24) is 0 Å². The molecule has 1 heterocycles. The lowest BCUT2D eigenvalue weighted by atomic mass is 10.1. The number of halogens is 1. The molecule has 0 spiro atoms. The Labute approximate surface area is 192 Å². The zero-order valence-corrected chi connectivity index (χ0v) is 18.8. The maximum absolute atomic E-state index is 14.1. The number of carboxylic acid groups (broad SMARTS) is 1. The molecule has 1 aliphatic rings. The van der Waals surface area contributed by atoms with Gasteiger partial charge in [-0.1, -0.05) is 29.8 Å². The molecule has 172 valence electrons. The fraction of sp³-hybridized carbons (Fsp3) is 0.208. The summed E-state index contributed by atoms with van der Waals surface area (Å²) in [6.45, 7) is 4.14. The summed E-state index contributed by atoms with van der Waals surface area (Å²) in [4.78, 5) is 15.9. The molecule has 0 atom stereocenters. The molecule has 0 bridgehead atoms. The SMILES string of the molecule is Cc1ccc(S(=O)(=O)Nc2ccc(N3CCN(c4ccccc4F)CC3)cc2C(=O)O)cc1. The van der Waals surface area contributed by atoms with E-state index < -0.39 is 16.0 Å². The predicted molar refractivity (Wildman–Crippen MR) is 126 cm³/mol. The Morgan fingerprint density at radius 3 is 2.21 bits per heavy atom. The third-order valence-corrected chi connectivity index (χ3v) is 7.03. The Balaban J connectivity index is 1.52. The molecule has 0 amide bonds. The average Bonchev–Trinajstić information content (AvgIpc) is 2.80. The number of nitrogens with one attached hydrogen (secondary N) is 1. The number of carbonyl (C=O) groups is 1. The second kappa shape index (κ2) is 9.11. The minimum absolute atomic E-state index is 0.00295. The van der Waals surface area contributed by atoms with Crippen LogP contribution in [0.2, 0.25) is 0 Å². The average molecular weight is 470 g/mol. The van der Waals surface area contributed by atoms with Crippen LogP contribution in [0.15, 0.2) is 71.6 Å². The Morgan fingerprint density at radius 1 is 0.939 bits per heavy atom. The molecular formula is C24H24FN3O4S. The van der Waals surface area contributed by atoms with Gasteiger partial charge in [-0.15, -0.1) is 0 Å². The Hall–Kier alpha value is -3.59. The standard InChI is InChI=1S/C24H24FN3O4S/c1-17-6-9-19(10-7-17)33(31,32)26-22-11-8-18(16-20(22)24(29)30)27-12-14-28(15-13-27)23-5-3-2-4-21(23)25/h2-11,16,26H,12-15H2,1H3,(H,29,30). The van der Waals surface area contributed by atoms with E-state index in [0.717, 1.165) is 5.56 Å². The van der Waals surface area contributed by atoms with Crippen molar-refractivity contribution >= 4 is 33.1 Å². The first-order chi connectivity index (χ1) is 15.7. The van der Waals surface area contributed by atoms with E-state index in [1.165, 1.54) is 30.3 Å². The zero-order chi connectivity index (χ0) is 23.6. The van der Waals surface area contributed by atoms with Crippen LogP contribution < -0.4 is 14.5 Å². The number of aryl methyl sites for hydroxylation is 1. The van der Waals surface area contributed by atoms with Crippen LogP contribution in [0.5, 0.6) is 0 Å². The highest BCUT2D eigenvalue weighted by molar-refractivity contribution is 7.92. The largest absolute Gasteiger partial charge is 0.478 e. The molecule has 0 unspecified atom stereocenters. The van der Waals surface area contributed by atoms with E-state index in [1.807, 2.05) is 16.7 Å². The fourth-order valence-electron chi connectivity index (χ4n) is 3.83. The number of aromatic carboxylic acids is 1. The van der Waals surface area contributed by atoms with Crippen molar-refractivity contribution in [3.8, 4) is 0 Å². The van der Waals surface area contributed by atoms with E-state index in [2.05, 4.69) is 4.72 Å². The lowest BCUT2D eigenvalue weighted by Gasteiger charge is -2.37. The first kappa shape index (κ1) is 22.6. The number of carboxylic acids is 1. The van der Waals surface area contributed by atoms with Gasteiger partial charge in [-0.3, -0.25) is 4.72 Å². The van der Waals surface area contributed by atoms with E-state index in [-0.39, 0.29) is 22.0 Å². The lowest BCUT2D eigenvalue weighted by Crippen LogP contribution is -2.46. The van der Waals surface area contributed by atoms with Gasteiger partial charge in [-0.25, -0.2) is 17.6 Å². The molecule has 3 aromatic carbocycles. The highest BCUT2D eigenvalue weighted by Crippen LogP contribution is 2.28. The molecule has 0 radical (unpaired) electrons. The molecule has 33 heavy (non-hydrogen) atoms. The quantitative estimate of drug-likeness (QED) is 0.568. The highest BCUT2D eigenvalue weighted by atomic mass is 32.2. The monoisotopic (exact) mass is 469 g/mol. The molecule has 2 N–H and O–H groups in total. The summed E-state index contributed by atoms with van der Waals surface area (Å²) in [6.07, 6.45) is 0. The Morgan fingerprint density at radius 2 is 1.58 bits per heavy atom. The summed E-state index contributed by atoms with van der Waals surface area (Å²) in [5.74, 6) is -1.51. The topological polar surface area (TPSA) is 90.0 Å². The third-order valence-electron chi connectivity index (χ3n) is 5.65. The van der Waals surface area contributed by atoms with Crippen molar-refractivity contribution in [2.45, 2.75) is 11.8 Å². The van der Waals surface area contributed by atoms with Gasteiger partial charge in [-0.05, 0) is 49.4 Å². The molecule has 3 aromatic rings. The number of benzene rings is 3. The van der Waals surface area contributed by atoms with Gasteiger partial charge in [0.05, 0.1) is 21.8 Å². The maximum Gasteiger partial charge on any atom is 0.337 e. The molecular weight excluding hydrogens is 445 g/mol. The summed E-state index contributed by atoms with van der Waals surface area (Å²) in [5.41, 5.74) is 1.99. The lowest BCUT2D eigenvalue weighted by molar-refractivity contribution is 0.0698. The van der Waals surface area contributed by atoms with Crippen molar-refractivity contribution in [3.05, 3.63) is 83.7 Å². The number of hydrogen-bond donors (Lipinski definition) is 2. The van der Waals surface area contributed by atoms with E-state index in [9.17, 15) is 22.7 Å². The highest BCUT2D eigenvalue weighted by Gasteiger charge is 2.23. The number of nitrogens with zero attached hydrogens (tertiary/aromatic N) is 2. The first-order valence-electron chi connectivity index (χ1n) is 10.5. The molecule has 1 fully saturated rings. The summed E-state index contributed by atoms with van der Waals surface area (Å²) < 4.78 is 41.9. The number of piperazine rings is 1. The molecule has 0 saturated carbocycles. The third kappa shape index (κ3) is 4.93. The van der Waals surface area contributed by atoms with Crippen molar-refractivity contribution in [2.24, 2.45) is 0 Å². The van der Waals surface area contributed by atoms with Gasteiger partial charge < -0.3 is 14.9 Å². The van der Waals surface area contributed by atoms with Gasteiger partial charge in [0.2, 0.25) is 0 Å². The minimum Gasteiger partial charge on any atom is -0.478 e. The summed E-state index contributed by atoms with van der Waals surface area (Å²) in [5, 5.41) is 9.71. The Bertz CT molecular complexity index is 1270. The van der Waals surface area contributed by atoms with Crippen molar-refractivity contribution < 1.29 is 22.7 Å². The summed E-state index contributed by atoms with van der Waals surface area (Å²) >= 11 is 0. The Kier molecular flexibility index (Phi) is 6.24. The fourth-order valence-corrected chi connectivity index (χ4v) is 4.91. The number of para-hydroxylation sites is 1. The number of rotatable bonds is 6. The van der Waals surface area contributed by atoms with Gasteiger partial charge in [-0.2, -0.15) is 0 Å². The molecule has 0 aromatic heterocycles. The van der Waals surface area contributed by atoms with Gasteiger partial charge >= 0.3 is 5.97 Å². The van der Waals surface area contributed by atoms with Gasteiger partial charge in [0.15, 0.2) is 0 Å². The first-order valence-corrected chi connectivity index (χ1v) is 11.9. The summed E-state index contributed by atoms with van der Waals surface area (Å²) in [6, 6.07) is 17.5. The van der Waals surface area contributed by atoms with Crippen molar-refractivity contribution in [2.75, 3.05) is 40.7 Å². The van der Waals surface area contributed by atoms with E-state index in [4.69, 9.17) is 0 Å². The van der Waals surface area contributed by atoms with Gasteiger partial charge in [0.25, 0.3) is 10.0 Å². The number of sulfonamides is 1. The van der Waals surface area contributed by atoms with Gasteiger partial charge in [0.1, 0.15) is 5.82 Å². The number of anilines is 3. The second-order valence-electron chi connectivity index (χ2n) is 7.88. The normalized spacial score (nSPS) is 14.2. The molecule has 7 nitrogen and oxygen atoms in total. The van der Waals surface area contributed by atoms with E-state index in [1.54, 1.807) is 36.4 Å². The summed E-state index contributed by atoms with van der Waals surface area (Å²) in [7, 11) is -3.93. The predicted octanol–water partition coefficient (Wildman–Crippen LogP) is 3.96. The van der Waals surface area contributed by atoms with E-state index in [0.29, 0.717) is 37.6 Å². The molecule has 9 heteroatoms. The number of hydrogen-bond acceptors (Lipinski definition) is 5. The van der Waals surface area contributed by atoms with Crippen LogP contribution in [0, 0.1) is 12.7 Å². The maximum atomic E-state index is 14.1. The second-order valence-corrected chi connectivity index (χ2v) is 9.56.